The summed E-state index contributed by atoms with van der Waals surface area (Å²) in [5.41, 5.74) is 0.988. The van der Waals surface area contributed by atoms with Crippen molar-refractivity contribution in [1.82, 2.24) is 9.59 Å². The van der Waals surface area contributed by atoms with Gasteiger partial charge in [0.05, 0.1) is 4.70 Å². The van der Waals surface area contributed by atoms with Crippen molar-refractivity contribution in [1.29, 1.82) is 0 Å². The fourth-order valence-electron chi connectivity index (χ4n) is 0.766. The summed E-state index contributed by atoms with van der Waals surface area (Å²) in [6, 6.07) is 7.92. The first-order valence-electron chi connectivity index (χ1n) is 3.85. The topological polar surface area (TPSA) is 75.5 Å². The molecule has 0 amide bonds. The number of nitrogens with zero attached hydrogens (tertiary/aromatic N) is 2. The van der Waals surface area contributed by atoms with Gasteiger partial charge in [0, 0.05) is 0 Å². The lowest BCUT2D eigenvalue weighted by Crippen LogP contribution is -2.00. The zero-order valence-corrected chi connectivity index (χ0v) is 8.15. The second-order valence-electron chi connectivity index (χ2n) is 2.20. The van der Waals surface area contributed by atoms with Crippen molar-refractivity contribution in [3.8, 4) is 0 Å². The molecule has 8 heteroatoms. The van der Waals surface area contributed by atoms with Crippen LogP contribution in [-0.4, -0.2) is 35.0 Å². The van der Waals surface area contributed by atoms with Gasteiger partial charge in [0.15, 0.2) is 0 Å². The summed E-state index contributed by atoms with van der Waals surface area (Å²) in [6.45, 7) is 0. The van der Waals surface area contributed by atoms with E-state index in [9.17, 15) is 0 Å². The van der Waals surface area contributed by atoms with Crippen LogP contribution in [0.5, 0.6) is 0 Å². The monoisotopic (exact) mass is 210 g/mol. The molecule has 0 spiro atoms. The summed E-state index contributed by atoms with van der Waals surface area (Å²) >= 11 is 1.43. The molecule has 0 fully saturated rings. The minimum atomic E-state index is -0.406. The second-order valence-corrected chi connectivity index (χ2v) is 2.99. The molecule has 0 aliphatic heterocycles. The Labute approximate surface area is 86.1 Å². The molecule has 1 aromatic heterocycles. The summed E-state index contributed by atoms with van der Waals surface area (Å²) < 4.78 is 8.89. The molecule has 0 radical (unpaired) electrons. The van der Waals surface area contributed by atoms with E-state index in [-0.39, 0.29) is 0 Å². The number of rotatable bonds is 2. The van der Waals surface area contributed by atoms with Gasteiger partial charge in [-0.25, -0.2) is 0 Å². The summed E-state index contributed by atoms with van der Waals surface area (Å²) in [5.74, 6) is 0. The highest BCUT2D eigenvalue weighted by Crippen LogP contribution is 2.12. The van der Waals surface area contributed by atoms with Crippen LogP contribution in [0.25, 0.3) is 10.2 Å². The zero-order chi connectivity index (χ0) is 10.2. The average molecular weight is 210 g/mol. The number of hydrogen-bond acceptors (Lipinski definition) is 6. The van der Waals surface area contributed by atoms with Gasteiger partial charge in [-0.3, -0.25) is 0 Å². The molecule has 0 saturated carbocycles. The predicted octanol–water partition coefficient (Wildman–Crippen LogP) is -0.788. The van der Waals surface area contributed by atoms with Gasteiger partial charge in [-0.1, -0.05) is 16.6 Å². The number of hydrogen-bond donors (Lipinski definition) is 2. The number of aromatic nitrogens is 2. The minimum Gasteiger partial charge on any atom is -0.457 e. The Morgan fingerprint density at radius 3 is 2.50 bits per heavy atom. The molecular weight excluding hydrogens is 202 g/mol. The lowest BCUT2D eigenvalue weighted by Gasteiger charge is -1.80. The van der Waals surface area contributed by atoms with Crippen LogP contribution in [0.1, 0.15) is 0 Å². The maximum Gasteiger partial charge on any atom is 0.421 e. The summed E-state index contributed by atoms with van der Waals surface area (Å²) in [4.78, 5) is 0. The second kappa shape index (κ2) is 6.50. The third-order valence-electron chi connectivity index (χ3n) is 1.34. The van der Waals surface area contributed by atoms with E-state index in [0.717, 1.165) is 10.2 Å². The Hall–Kier alpha value is -0.950. The van der Waals surface area contributed by atoms with Crippen LogP contribution in [-0.2, 0) is 4.57 Å². The molecule has 0 saturated heterocycles. The largest absolute Gasteiger partial charge is 0.457 e. The average Bonchev–Trinajstić information content (AvgIpc) is 2.67. The molecule has 14 heavy (non-hydrogen) atoms. The molecule has 0 aliphatic carbocycles. The molecule has 2 rings (SSSR count). The molecule has 0 unspecified atom stereocenters. The first-order valence-corrected chi connectivity index (χ1v) is 4.62. The fourth-order valence-corrected chi connectivity index (χ4v) is 1.32. The van der Waals surface area contributed by atoms with Crippen molar-refractivity contribution in [2.24, 2.45) is 0 Å². The zero-order valence-electron chi connectivity index (χ0n) is 7.33. The van der Waals surface area contributed by atoms with E-state index in [1.54, 1.807) is 0 Å². The highest BCUT2D eigenvalue weighted by molar-refractivity contribution is 7.12. The summed E-state index contributed by atoms with van der Waals surface area (Å²) in [6.07, 6.45) is 0. The van der Waals surface area contributed by atoms with Crippen LogP contribution in [0.2, 0.25) is 0 Å². The van der Waals surface area contributed by atoms with Gasteiger partial charge in [-0.15, -0.1) is 5.10 Å². The Morgan fingerprint density at radius 1 is 1.21 bits per heavy atom. The molecule has 72 valence electrons. The summed E-state index contributed by atoms with van der Waals surface area (Å²) in [7, 11) is -0.812. The third-order valence-corrected chi connectivity index (χ3v) is 2.04. The highest BCUT2D eigenvalue weighted by Gasteiger charge is 1.91. The molecule has 2 aromatic rings. The quantitative estimate of drug-likeness (QED) is 0.635. The van der Waals surface area contributed by atoms with Gasteiger partial charge in [-0.05, 0) is 23.7 Å². The van der Waals surface area contributed by atoms with Gasteiger partial charge in [-0.2, -0.15) is 0 Å². The smallest absolute Gasteiger partial charge is 0.421 e. The Morgan fingerprint density at radius 2 is 1.93 bits per heavy atom. The standard InChI is InChI=1S/C6H4N2S.B2H4O3/c1-2-4-6-5(3-1)7-8-9-6;3-1-5-2-4/h1-4H;1-4H. The van der Waals surface area contributed by atoms with Crippen molar-refractivity contribution in [2.45, 2.75) is 0 Å². The molecule has 0 atom stereocenters. The van der Waals surface area contributed by atoms with Crippen molar-refractivity contribution in [3.05, 3.63) is 24.3 Å². The first kappa shape index (κ1) is 11.1. The summed E-state index contributed by atoms with van der Waals surface area (Å²) in [5, 5.41) is 19.3. The maximum absolute atomic E-state index is 7.68. The SMILES string of the molecule is OBOBO.c1ccc2snnc2c1. The van der Waals surface area contributed by atoms with E-state index in [0.29, 0.717) is 0 Å². The molecule has 0 aliphatic rings. The van der Waals surface area contributed by atoms with Gasteiger partial charge in [0.2, 0.25) is 0 Å². The van der Waals surface area contributed by atoms with Gasteiger partial charge < -0.3 is 14.6 Å². The van der Waals surface area contributed by atoms with Gasteiger partial charge >= 0.3 is 15.4 Å². The molecule has 5 nitrogen and oxygen atoms in total. The van der Waals surface area contributed by atoms with Gasteiger partial charge in [0.1, 0.15) is 5.52 Å². The Kier molecular flexibility index (Phi) is 5.16. The van der Waals surface area contributed by atoms with Crippen LogP contribution >= 0.6 is 11.5 Å². The van der Waals surface area contributed by atoms with Crippen LogP contribution in [0.3, 0.4) is 0 Å². The van der Waals surface area contributed by atoms with E-state index in [2.05, 4.69) is 14.2 Å². The predicted molar refractivity (Wildman–Crippen MR) is 57.2 cm³/mol. The van der Waals surface area contributed by atoms with Crippen LogP contribution in [0, 0.1) is 0 Å². The molecule has 1 aromatic carbocycles. The first-order chi connectivity index (χ1) is 6.88. The van der Waals surface area contributed by atoms with Crippen LogP contribution in [0.4, 0.5) is 0 Å². The lowest BCUT2D eigenvalue weighted by molar-refractivity contribution is 0.408. The number of fused-ring (bicyclic) bond motifs is 1. The molecule has 2 N–H and O–H groups in total. The third kappa shape index (κ3) is 3.43. The Balaban J connectivity index is 0.000000171. The number of benzene rings is 1. The van der Waals surface area contributed by atoms with Crippen molar-refractivity contribution in [2.75, 3.05) is 0 Å². The molecular formula is C6H8B2N2O3S. The van der Waals surface area contributed by atoms with Crippen molar-refractivity contribution >= 4 is 37.1 Å². The lowest BCUT2D eigenvalue weighted by atomic mass is 10.3. The molecule has 1 heterocycles. The molecule has 0 bridgehead atoms. The van der Waals surface area contributed by atoms with Crippen molar-refractivity contribution in [3.63, 3.8) is 0 Å². The van der Waals surface area contributed by atoms with E-state index < -0.39 is 15.4 Å². The van der Waals surface area contributed by atoms with Crippen LogP contribution in [0.15, 0.2) is 24.3 Å². The van der Waals surface area contributed by atoms with E-state index in [1.165, 1.54) is 11.5 Å². The Bertz CT molecular complexity index is 340. The normalized spacial score (nSPS) is 9.00. The van der Waals surface area contributed by atoms with E-state index in [1.807, 2.05) is 24.3 Å². The highest BCUT2D eigenvalue weighted by atomic mass is 32.1. The fraction of sp³-hybridized carbons (Fsp3) is 0. The van der Waals surface area contributed by atoms with E-state index in [4.69, 9.17) is 10.0 Å². The van der Waals surface area contributed by atoms with E-state index >= 15 is 0 Å². The minimum absolute atomic E-state index is 0.406. The maximum atomic E-state index is 7.68. The van der Waals surface area contributed by atoms with Gasteiger partial charge in [0.25, 0.3) is 0 Å². The van der Waals surface area contributed by atoms with Crippen molar-refractivity contribution < 1.29 is 14.6 Å². The van der Waals surface area contributed by atoms with Crippen LogP contribution < -0.4 is 0 Å².